The van der Waals surface area contributed by atoms with Crippen molar-refractivity contribution in [2.24, 2.45) is 0 Å². The molecule has 0 N–H and O–H groups in total. The van der Waals surface area contributed by atoms with Gasteiger partial charge in [0.1, 0.15) is 5.60 Å². The fraction of sp³-hybridized carbons (Fsp3) is 0.423. The van der Waals surface area contributed by atoms with Gasteiger partial charge in [0.05, 0.1) is 5.60 Å². The third-order valence-electron chi connectivity index (χ3n) is 6.70. The van der Waals surface area contributed by atoms with Gasteiger partial charge in [0.2, 0.25) is 0 Å². The fourth-order valence-electron chi connectivity index (χ4n) is 5.04. The fourth-order valence-corrected chi connectivity index (χ4v) is 5.04. The first kappa shape index (κ1) is 20.9. The number of halogens is 2. The van der Waals surface area contributed by atoms with Crippen molar-refractivity contribution in [3.8, 4) is 11.1 Å². The molecule has 2 aliphatic rings. The van der Waals surface area contributed by atoms with Crippen LogP contribution in [0.25, 0.3) is 16.7 Å². The summed E-state index contributed by atoms with van der Waals surface area (Å²) in [4.78, 5) is 13.4. The van der Waals surface area contributed by atoms with E-state index < -0.39 is 17.2 Å². The van der Waals surface area contributed by atoms with Crippen molar-refractivity contribution in [2.45, 2.75) is 71.0 Å². The Balaban J connectivity index is 1.86. The van der Waals surface area contributed by atoms with E-state index in [1.165, 1.54) is 6.07 Å². The molecule has 0 radical (unpaired) electrons. The zero-order valence-electron chi connectivity index (χ0n) is 18.1. The van der Waals surface area contributed by atoms with Gasteiger partial charge in [-0.2, -0.15) is 0 Å². The predicted octanol–water partition coefficient (Wildman–Crippen LogP) is 6.66. The normalized spacial score (nSPS) is 20.3. The van der Waals surface area contributed by atoms with Crippen LogP contribution in [0.3, 0.4) is 0 Å². The number of aryl methyl sites for hydroxylation is 1. The Bertz CT molecular complexity index is 1040. The molecule has 2 aromatic rings. The minimum atomic E-state index is -0.872. The molecule has 1 aliphatic carbocycles. The van der Waals surface area contributed by atoms with Crippen molar-refractivity contribution in [3.63, 3.8) is 0 Å². The summed E-state index contributed by atoms with van der Waals surface area (Å²) < 4.78 is 33.5. The van der Waals surface area contributed by atoms with E-state index in [0.29, 0.717) is 5.56 Å². The highest BCUT2D eigenvalue weighted by Gasteiger charge is 2.50. The third-order valence-corrected chi connectivity index (χ3v) is 6.70. The molecule has 1 fully saturated rings. The van der Waals surface area contributed by atoms with Gasteiger partial charge < -0.3 is 4.74 Å². The van der Waals surface area contributed by atoms with E-state index in [0.717, 1.165) is 66.0 Å². The number of hydrogen-bond donors (Lipinski definition) is 0. The molecule has 1 heterocycles. The lowest BCUT2D eigenvalue weighted by molar-refractivity contribution is -0.157. The van der Waals surface area contributed by atoms with Crippen LogP contribution in [0.2, 0.25) is 0 Å². The van der Waals surface area contributed by atoms with E-state index >= 15 is 0 Å². The van der Waals surface area contributed by atoms with Crippen molar-refractivity contribution in [3.05, 3.63) is 64.7 Å². The predicted molar refractivity (Wildman–Crippen MR) is 115 cm³/mol. The summed E-state index contributed by atoms with van der Waals surface area (Å²) in [5, 5.41) is 0. The molecule has 2 aromatic carbocycles. The topological polar surface area (TPSA) is 26.3 Å². The van der Waals surface area contributed by atoms with Crippen LogP contribution in [0.5, 0.6) is 0 Å². The molecule has 1 spiro atoms. The Kier molecular flexibility index (Phi) is 5.17. The Labute approximate surface area is 177 Å². The van der Waals surface area contributed by atoms with Gasteiger partial charge in [-0.1, -0.05) is 44.0 Å². The molecule has 0 saturated heterocycles. The molecule has 2 nitrogen and oxygen atoms in total. The van der Waals surface area contributed by atoms with Gasteiger partial charge in [-0.15, -0.1) is 0 Å². The van der Waals surface area contributed by atoms with Gasteiger partial charge in [-0.05, 0) is 80.0 Å². The maximum atomic E-state index is 13.7. The van der Waals surface area contributed by atoms with Crippen LogP contribution in [0.4, 0.5) is 8.78 Å². The molecule has 0 amide bonds. The van der Waals surface area contributed by atoms with Crippen LogP contribution < -0.4 is 0 Å². The number of hydrogen-bond acceptors (Lipinski definition) is 2. The summed E-state index contributed by atoms with van der Waals surface area (Å²) in [6.45, 7) is 7.81. The maximum Gasteiger partial charge on any atom is 0.194 e. The highest BCUT2D eigenvalue weighted by atomic mass is 19.2. The van der Waals surface area contributed by atoms with Gasteiger partial charge in [0.15, 0.2) is 17.4 Å². The van der Waals surface area contributed by atoms with Gasteiger partial charge in [0, 0.05) is 5.57 Å². The molecule has 0 atom stereocenters. The van der Waals surface area contributed by atoms with E-state index in [4.69, 9.17) is 4.74 Å². The van der Waals surface area contributed by atoms with Crippen molar-refractivity contribution in [2.75, 3.05) is 0 Å². The Morgan fingerprint density at radius 2 is 1.60 bits per heavy atom. The first-order valence-electron chi connectivity index (χ1n) is 10.7. The summed E-state index contributed by atoms with van der Waals surface area (Å²) in [6.07, 6.45) is 4.81. The Hall–Kier alpha value is -2.33. The van der Waals surface area contributed by atoms with Crippen LogP contribution in [-0.2, 0) is 16.0 Å². The standard InChI is InChI=1S/C26H28F2O2/c1-5-17-14-18(19-9-11-21(27)22(28)15-19)8-10-20(17)23-16(2)26(12-6-7-13-26)30-25(3,4)24(23)29/h8-11,14-15H,5-7,12-13H2,1-4H3. The molecule has 4 rings (SSSR count). The van der Waals surface area contributed by atoms with E-state index in [2.05, 4.69) is 0 Å². The second-order valence-electron chi connectivity index (χ2n) is 9.00. The third kappa shape index (κ3) is 3.31. The van der Waals surface area contributed by atoms with Crippen LogP contribution in [-0.4, -0.2) is 17.0 Å². The van der Waals surface area contributed by atoms with Crippen molar-refractivity contribution < 1.29 is 18.3 Å². The van der Waals surface area contributed by atoms with E-state index in [9.17, 15) is 13.6 Å². The van der Waals surface area contributed by atoms with Crippen LogP contribution >= 0.6 is 0 Å². The van der Waals surface area contributed by atoms with E-state index in [-0.39, 0.29) is 11.4 Å². The van der Waals surface area contributed by atoms with Gasteiger partial charge in [-0.25, -0.2) is 8.78 Å². The number of Topliss-reactive ketones (excluding diaryl/α,β-unsaturated/α-hetero) is 1. The average Bonchev–Trinajstić information content (AvgIpc) is 3.18. The molecule has 0 bridgehead atoms. The summed E-state index contributed by atoms with van der Waals surface area (Å²) in [7, 11) is 0. The molecule has 0 aromatic heterocycles. The Morgan fingerprint density at radius 3 is 2.23 bits per heavy atom. The molecular weight excluding hydrogens is 382 g/mol. The minimum Gasteiger partial charge on any atom is -0.357 e. The quantitative estimate of drug-likeness (QED) is 0.566. The van der Waals surface area contributed by atoms with Crippen molar-refractivity contribution in [1.82, 2.24) is 0 Å². The number of benzene rings is 2. The molecule has 30 heavy (non-hydrogen) atoms. The number of ether oxygens (including phenoxy) is 1. The van der Waals surface area contributed by atoms with Crippen molar-refractivity contribution >= 4 is 11.4 Å². The zero-order valence-corrected chi connectivity index (χ0v) is 18.1. The zero-order chi connectivity index (χ0) is 21.7. The second-order valence-corrected chi connectivity index (χ2v) is 9.00. The minimum absolute atomic E-state index is 0.00722. The molecule has 4 heteroatoms. The maximum absolute atomic E-state index is 13.7. The largest absolute Gasteiger partial charge is 0.357 e. The van der Waals surface area contributed by atoms with Crippen LogP contribution in [0.1, 0.15) is 64.5 Å². The first-order valence-corrected chi connectivity index (χ1v) is 10.7. The summed E-state index contributed by atoms with van der Waals surface area (Å²) in [5.74, 6) is -1.71. The highest BCUT2D eigenvalue weighted by Crippen LogP contribution is 2.49. The lowest BCUT2D eigenvalue weighted by atomic mass is 9.76. The molecule has 158 valence electrons. The summed E-state index contributed by atoms with van der Waals surface area (Å²) >= 11 is 0. The van der Waals surface area contributed by atoms with Gasteiger partial charge in [0.25, 0.3) is 0 Å². The van der Waals surface area contributed by atoms with Crippen molar-refractivity contribution in [1.29, 1.82) is 0 Å². The number of ketones is 1. The van der Waals surface area contributed by atoms with Crippen LogP contribution in [0, 0.1) is 11.6 Å². The average molecular weight is 411 g/mol. The second kappa shape index (κ2) is 7.42. The number of carbonyl (C=O) groups excluding carboxylic acids is 1. The van der Waals surface area contributed by atoms with E-state index in [1.807, 2.05) is 45.9 Å². The SMILES string of the molecule is CCc1cc(-c2ccc(F)c(F)c2)ccc1C1=C(C)C2(CCCC2)OC(C)(C)C1=O. The van der Waals surface area contributed by atoms with E-state index in [1.54, 1.807) is 6.07 Å². The smallest absolute Gasteiger partial charge is 0.194 e. The van der Waals surface area contributed by atoms with Crippen LogP contribution in [0.15, 0.2) is 42.0 Å². The Morgan fingerprint density at radius 1 is 0.967 bits per heavy atom. The number of carbonyl (C=O) groups is 1. The summed E-state index contributed by atoms with van der Waals surface area (Å²) in [6, 6.07) is 9.76. The lowest BCUT2D eigenvalue weighted by Crippen LogP contribution is -2.50. The molecule has 0 unspecified atom stereocenters. The molecule has 1 aliphatic heterocycles. The lowest BCUT2D eigenvalue weighted by Gasteiger charge is -2.44. The van der Waals surface area contributed by atoms with Gasteiger partial charge in [-0.3, -0.25) is 4.79 Å². The summed E-state index contributed by atoms with van der Waals surface area (Å²) in [5.41, 5.74) is 3.93. The molecule has 1 saturated carbocycles. The number of rotatable bonds is 3. The monoisotopic (exact) mass is 410 g/mol. The van der Waals surface area contributed by atoms with Gasteiger partial charge >= 0.3 is 0 Å². The first-order chi connectivity index (χ1) is 14.2. The molecular formula is C26H28F2O2. The highest BCUT2D eigenvalue weighted by molar-refractivity contribution is 6.26.